The van der Waals surface area contributed by atoms with Crippen LogP contribution in [0.5, 0.6) is 0 Å². The van der Waals surface area contributed by atoms with Crippen LogP contribution in [0.25, 0.3) is 0 Å². The monoisotopic (exact) mass is 175 g/mol. The normalized spacial score (nSPS) is 3.57. The van der Waals surface area contributed by atoms with Crippen molar-refractivity contribution in [2.75, 3.05) is 0 Å². The largest absolute Gasteiger partial charge is 0.665 e. The molecule has 0 atom stereocenters. The minimum absolute atomic E-state index is 0. The van der Waals surface area contributed by atoms with Gasteiger partial charge in [0.2, 0.25) is 0 Å². The Labute approximate surface area is 68.5 Å². The topological polar surface area (TPSA) is 37.3 Å². The third-order valence-corrected chi connectivity index (χ3v) is 0. The van der Waals surface area contributed by atoms with Gasteiger partial charge in [-0.3, -0.25) is 6.08 Å². The first kappa shape index (κ1) is 15.7. The number of allylic oxidation sites excluding steroid dienone is 1. The van der Waals surface area contributed by atoms with E-state index in [1.54, 1.807) is 6.92 Å². The van der Waals surface area contributed by atoms with Crippen molar-refractivity contribution in [2.45, 2.75) is 6.92 Å². The van der Waals surface area contributed by atoms with Crippen molar-refractivity contribution in [3.8, 4) is 0 Å². The summed E-state index contributed by atoms with van der Waals surface area (Å²) >= 11 is 0. The van der Waals surface area contributed by atoms with Gasteiger partial charge in [-0.15, -0.1) is 0 Å². The molecule has 0 unspecified atom stereocenters. The average Bonchev–Trinajstić information content (AvgIpc) is 1.39. The van der Waals surface area contributed by atoms with Crippen LogP contribution in [0, 0.1) is 6.58 Å². The third kappa shape index (κ3) is 1190. The minimum Gasteiger partial charge on any atom is -0.665 e. The molecule has 0 saturated carbocycles. The molecule has 3 heteroatoms. The minimum atomic E-state index is 0. The van der Waals surface area contributed by atoms with Crippen LogP contribution < -0.4 is 0 Å². The molecule has 0 heterocycles. The van der Waals surface area contributed by atoms with Crippen LogP contribution in [0.4, 0.5) is 0 Å². The molecule has 0 aromatic heterocycles. The summed E-state index contributed by atoms with van der Waals surface area (Å²) in [5.74, 6) is 0. The summed E-state index contributed by atoms with van der Waals surface area (Å²) in [5, 5.41) is 6.76. The van der Waals surface area contributed by atoms with Gasteiger partial charge in [0.25, 0.3) is 0 Å². The van der Waals surface area contributed by atoms with Crippen molar-refractivity contribution in [1.82, 2.24) is 0 Å². The predicted molar refractivity (Wildman–Crippen MR) is 22.9 cm³/mol. The second-order valence-corrected chi connectivity index (χ2v) is 0.425. The molecule has 0 aromatic carbocycles. The van der Waals surface area contributed by atoms with Gasteiger partial charge in [0.05, 0.1) is 0 Å². The summed E-state index contributed by atoms with van der Waals surface area (Å²) in [6.45, 7) is 7.00. The summed E-state index contributed by atoms with van der Waals surface area (Å²) in [6, 6.07) is 0. The molecule has 0 fully saturated rings. The van der Waals surface area contributed by atoms with Gasteiger partial charge in [0.1, 0.15) is 0 Å². The van der Waals surface area contributed by atoms with Crippen LogP contribution in [-0.2, 0) is 37.5 Å². The first-order valence-electron chi connectivity index (χ1n) is 1.34. The van der Waals surface area contributed by atoms with Gasteiger partial charge in [-0.25, -0.2) is 0 Å². The Morgan fingerprint density at radius 3 is 1.86 bits per heavy atom. The second kappa shape index (κ2) is 33.3. The second-order valence-electron chi connectivity index (χ2n) is 0.425. The molecule has 0 amide bonds. The van der Waals surface area contributed by atoms with Crippen molar-refractivity contribution in [2.24, 2.45) is 0 Å². The van der Waals surface area contributed by atoms with Crippen molar-refractivity contribution in [1.29, 1.82) is 0 Å². The number of aliphatic hydroxyl groups excluding tert-OH is 1. The molecule has 1 N–H and O–H groups in total. The smallest absolute Gasteiger partial charge is 0 e. The van der Waals surface area contributed by atoms with Gasteiger partial charge in [0.15, 0.2) is 0 Å². The van der Waals surface area contributed by atoms with Crippen molar-refractivity contribution < 1.29 is 42.6 Å². The molecular formula is C4H6O2Y-2. The molecule has 0 aliphatic heterocycles. The van der Waals surface area contributed by atoms with Crippen LogP contribution in [0.2, 0.25) is 0 Å². The Morgan fingerprint density at radius 1 is 1.86 bits per heavy atom. The van der Waals surface area contributed by atoms with Crippen molar-refractivity contribution in [3.63, 3.8) is 0 Å². The standard InChI is InChI=1S/C3H5.CHO2.Y/c1-3-2;2-1-3;/h1,3H,2H3;(H,2,3);/q2*-1;. The fourth-order valence-electron chi connectivity index (χ4n) is 0. The van der Waals surface area contributed by atoms with Gasteiger partial charge in [-0.2, -0.15) is 0 Å². The third-order valence-electron chi connectivity index (χ3n) is 0. The maximum atomic E-state index is 8.24. The SMILES string of the molecule is O=[C-]O.[CH-]=CC.[Y]. The molecule has 2 nitrogen and oxygen atoms in total. The summed E-state index contributed by atoms with van der Waals surface area (Å²) < 4.78 is 0. The van der Waals surface area contributed by atoms with Gasteiger partial charge >= 0.3 is 0 Å². The zero-order chi connectivity index (χ0) is 5.41. The summed E-state index contributed by atoms with van der Waals surface area (Å²) in [5.41, 5.74) is 0. The maximum absolute atomic E-state index is 8.24. The van der Waals surface area contributed by atoms with Crippen molar-refractivity contribution >= 4 is 6.47 Å². The number of hydrogen-bond acceptors (Lipinski definition) is 1. The molecule has 1 radical (unpaired) electrons. The Morgan fingerprint density at radius 2 is 1.86 bits per heavy atom. The average molecular weight is 175 g/mol. The molecule has 0 bridgehead atoms. The first-order chi connectivity index (χ1) is 2.83. The van der Waals surface area contributed by atoms with Crippen LogP contribution in [0.1, 0.15) is 6.92 Å². The molecule has 0 aromatic rings. The van der Waals surface area contributed by atoms with E-state index in [0.717, 1.165) is 0 Å². The molecule has 0 spiro atoms. The van der Waals surface area contributed by atoms with Gasteiger partial charge in [0, 0.05) is 32.7 Å². The van der Waals surface area contributed by atoms with E-state index in [9.17, 15) is 0 Å². The molecule has 0 aliphatic carbocycles. The Kier molecular flexibility index (Phi) is 74.5. The molecule has 39 valence electrons. The van der Waals surface area contributed by atoms with E-state index in [1.165, 1.54) is 6.08 Å². The zero-order valence-corrected chi connectivity index (χ0v) is 6.93. The fraction of sp³-hybridized carbons (Fsp3) is 0.250. The maximum Gasteiger partial charge on any atom is 0 e. The van der Waals surface area contributed by atoms with E-state index in [0.29, 0.717) is 6.47 Å². The zero-order valence-electron chi connectivity index (χ0n) is 4.09. The van der Waals surface area contributed by atoms with Gasteiger partial charge in [-0.05, 0) is 0 Å². The number of hydrogen-bond donors (Lipinski definition) is 1. The van der Waals surface area contributed by atoms with E-state index in [-0.39, 0.29) is 32.7 Å². The predicted octanol–water partition coefficient (Wildman–Crippen LogP) is 0.605. The van der Waals surface area contributed by atoms with Crippen LogP contribution >= 0.6 is 0 Å². The first-order valence-corrected chi connectivity index (χ1v) is 1.34. The van der Waals surface area contributed by atoms with E-state index >= 15 is 0 Å². The van der Waals surface area contributed by atoms with E-state index in [4.69, 9.17) is 16.5 Å². The molecule has 7 heavy (non-hydrogen) atoms. The Hall–Kier alpha value is 0.314. The molecular weight excluding hydrogens is 169 g/mol. The van der Waals surface area contributed by atoms with Crippen LogP contribution in [0.3, 0.4) is 0 Å². The van der Waals surface area contributed by atoms with Gasteiger partial charge < -0.3 is 16.5 Å². The summed E-state index contributed by atoms with van der Waals surface area (Å²) in [6.07, 6.45) is 1.50. The molecule has 0 saturated heterocycles. The fourth-order valence-corrected chi connectivity index (χ4v) is 0. The van der Waals surface area contributed by atoms with E-state index in [1.807, 2.05) is 0 Å². The summed E-state index contributed by atoms with van der Waals surface area (Å²) in [4.78, 5) is 8.24. The molecule has 0 aliphatic rings. The number of rotatable bonds is 0. The molecule has 0 rings (SSSR count). The van der Waals surface area contributed by atoms with Crippen LogP contribution in [-0.4, -0.2) is 11.6 Å². The van der Waals surface area contributed by atoms with Gasteiger partial charge in [-0.1, -0.05) is 13.4 Å². The summed E-state index contributed by atoms with van der Waals surface area (Å²) in [7, 11) is 0. The quantitative estimate of drug-likeness (QED) is 0.547. The Balaban J connectivity index is -0.0000000400. The Bertz CT molecular complexity index is 30.7. The van der Waals surface area contributed by atoms with E-state index < -0.39 is 0 Å². The van der Waals surface area contributed by atoms with Crippen molar-refractivity contribution in [3.05, 3.63) is 12.7 Å². The van der Waals surface area contributed by atoms with Crippen LogP contribution in [0.15, 0.2) is 6.08 Å². The van der Waals surface area contributed by atoms with E-state index in [2.05, 4.69) is 0 Å².